The summed E-state index contributed by atoms with van der Waals surface area (Å²) in [7, 11) is 0. The highest BCUT2D eigenvalue weighted by molar-refractivity contribution is 6.30. The number of hydrogen-bond acceptors (Lipinski definition) is 6. The summed E-state index contributed by atoms with van der Waals surface area (Å²) in [6, 6.07) is 12.8. The zero-order valence-electron chi connectivity index (χ0n) is 14.5. The number of amides is 1. The molecule has 27 heavy (non-hydrogen) atoms. The molecule has 0 unspecified atom stereocenters. The number of anilines is 3. The summed E-state index contributed by atoms with van der Waals surface area (Å²) in [6.07, 6.45) is 3.04. The summed E-state index contributed by atoms with van der Waals surface area (Å²) < 4.78 is 5.20. The van der Waals surface area contributed by atoms with Crippen molar-refractivity contribution in [3.05, 3.63) is 65.8 Å². The van der Waals surface area contributed by atoms with Gasteiger partial charge in [0.15, 0.2) is 5.76 Å². The van der Waals surface area contributed by atoms with E-state index in [9.17, 15) is 4.79 Å². The lowest BCUT2D eigenvalue weighted by atomic mass is 10.2. The molecule has 0 radical (unpaired) electrons. The fourth-order valence-electron chi connectivity index (χ4n) is 3.00. The quantitative estimate of drug-likeness (QED) is 0.744. The van der Waals surface area contributed by atoms with Crippen LogP contribution in [-0.2, 0) is 0 Å². The molecule has 7 nitrogen and oxygen atoms in total. The summed E-state index contributed by atoms with van der Waals surface area (Å²) in [6.45, 7) is 2.61. The molecule has 1 saturated heterocycles. The Morgan fingerprint density at radius 2 is 1.93 bits per heavy atom. The van der Waals surface area contributed by atoms with Crippen molar-refractivity contribution in [1.82, 2.24) is 14.9 Å². The van der Waals surface area contributed by atoms with Crippen molar-refractivity contribution in [3.8, 4) is 0 Å². The molecule has 1 aromatic carbocycles. The monoisotopic (exact) mass is 383 g/mol. The molecule has 0 spiro atoms. The number of benzene rings is 1. The lowest BCUT2D eigenvalue weighted by Gasteiger charge is -2.35. The first-order chi connectivity index (χ1) is 13.2. The van der Waals surface area contributed by atoms with Crippen molar-refractivity contribution in [1.29, 1.82) is 0 Å². The van der Waals surface area contributed by atoms with E-state index in [0.717, 1.165) is 11.5 Å². The highest BCUT2D eigenvalue weighted by Crippen LogP contribution is 2.22. The Hall–Kier alpha value is -3.06. The van der Waals surface area contributed by atoms with E-state index in [1.54, 1.807) is 17.0 Å². The number of nitrogens with zero attached hydrogens (tertiary/aromatic N) is 4. The summed E-state index contributed by atoms with van der Waals surface area (Å²) in [4.78, 5) is 24.9. The third-order valence-electron chi connectivity index (χ3n) is 4.37. The Bertz CT molecular complexity index is 923. The van der Waals surface area contributed by atoms with Crippen LogP contribution >= 0.6 is 11.6 Å². The number of rotatable bonds is 4. The van der Waals surface area contributed by atoms with Gasteiger partial charge in [0, 0.05) is 43.0 Å². The van der Waals surface area contributed by atoms with Crippen LogP contribution in [0.2, 0.25) is 5.02 Å². The summed E-state index contributed by atoms with van der Waals surface area (Å²) >= 11 is 6.02. The van der Waals surface area contributed by atoms with Crippen molar-refractivity contribution in [2.24, 2.45) is 0 Å². The number of halogens is 1. The minimum Gasteiger partial charge on any atom is -0.459 e. The second-order valence-corrected chi connectivity index (χ2v) is 6.59. The number of carbonyl (C=O) groups is 1. The molecule has 1 fully saturated rings. The largest absolute Gasteiger partial charge is 0.459 e. The van der Waals surface area contributed by atoms with Gasteiger partial charge < -0.3 is 19.5 Å². The summed E-state index contributed by atoms with van der Waals surface area (Å²) in [5.74, 6) is 1.81. The molecule has 0 bridgehead atoms. The van der Waals surface area contributed by atoms with E-state index in [1.807, 2.05) is 30.3 Å². The third kappa shape index (κ3) is 4.03. The van der Waals surface area contributed by atoms with Crippen LogP contribution in [0, 0.1) is 0 Å². The van der Waals surface area contributed by atoms with Gasteiger partial charge in [0.05, 0.1) is 6.26 Å². The van der Waals surface area contributed by atoms with Crippen LogP contribution in [0.5, 0.6) is 0 Å². The Kier molecular flexibility index (Phi) is 4.93. The molecule has 4 rings (SSSR count). The van der Waals surface area contributed by atoms with Gasteiger partial charge in [-0.15, -0.1) is 0 Å². The maximum absolute atomic E-state index is 12.4. The Morgan fingerprint density at radius 3 is 2.67 bits per heavy atom. The number of aromatic nitrogens is 2. The maximum Gasteiger partial charge on any atom is 0.289 e. The lowest BCUT2D eigenvalue weighted by molar-refractivity contribution is 0.0714. The number of carbonyl (C=O) groups excluding carboxylic acids is 1. The van der Waals surface area contributed by atoms with E-state index in [0.29, 0.717) is 42.8 Å². The molecule has 0 atom stereocenters. The highest BCUT2D eigenvalue weighted by atomic mass is 35.5. The molecular formula is C19H18ClN5O2. The SMILES string of the molecule is O=C(c1ccco1)N1CCN(c2cc(Nc3cccc(Cl)c3)ncn2)CC1. The number of nitrogens with one attached hydrogen (secondary N) is 1. The predicted octanol–water partition coefficient (Wildman–Crippen LogP) is 3.43. The molecular weight excluding hydrogens is 366 g/mol. The Labute approximate surface area is 161 Å². The number of furan rings is 1. The number of piperazine rings is 1. The van der Waals surface area contributed by atoms with Gasteiger partial charge in [-0.05, 0) is 30.3 Å². The van der Waals surface area contributed by atoms with Crippen molar-refractivity contribution < 1.29 is 9.21 Å². The van der Waals surface area contributed by atoms with Crippen molar-refractivity contribution in [2.45, 2.75) is 0 Å². The van der Waals surface area contributed by atoms with E-state index < -0.39 is 0 Å². The van der Waals surface area contributed by atoms with Gasteiger partial charge >= 0.3 is 0 Å². The molecule has 1 amide bonds. The first-order valence-corrected chi connectivity index (χ1v) is 8.99. The molecule has 1 aliphatic rings. The minimum atomic E-state index is -0.0781. The number of hydrogen-bond donors (Lipinski definition) is 1. The molecule has 3 heterocycles. The average molecular weight is 384 g/mol. The van der Waals surface area contributed by atoms with E-state index in [4.69, 9.17) is 16.0 Å². The van der Waals surface area contributed by atoms with E-state index >= 15 is 0 Å². The molecule has 1 aliphatic heterocycles. The molecule has 1 N–H and O–H groups in total. The van der Waals surface area contributed by atoms with Crippen LogP contribution in [0.3, 0.4) is 0 Å². The van der Waals surface area contributed by atoms with E-state index in [1.165, 1.54) is 12.6 Å². The Morgan fingerprint density at radius 1 is 1.07 bits per heavy atom. The average Bonchev–Trinajstić information content (AvgIpc) is 3.23. The Balaban J connectivity index is 1.40. The minimum absolute atomic E-state index is 0.0781. The smallest absolute Gasteiger partial charge is 0.289 e. The normalized spacial score (nSPS) is 14.3. The molecule has 0 aliphatic carbocycles. The van der Waals surface area contributed by atoms with Gasteiger partial charge in [0.25, 0.3) is 5.91 Å². The zero-order chi connectivity index (χ0) is 18.6. The standard InChI is InChI=1S/C19H18ClN5O2/c20-14-3-1-4-15(11-14)23-17-12-18(22-13-21-17)24-6-8-25(9-7-24)19(26)16-5-2-10-27-16/h1-5,10-13H,6-9H2,(H,21,22,23). The van der Waals surface area contributed by atoms with Crippen LogP contribution in [0.25, 0.3) is 0 Å². The van der Waals surface area contributed by atoms with Crippen molar-refractivity contribution >= 4 is 34.8 Å². The predicted molar refractivity (Wildman–Crippen MR) is 104 cm³/mol. The topological polar surface area (TPSA) is 74.5 Å². The first kappa shape index (κ1) is 17.4. The molecule has 2 aromatic heterocycles. The van der Waals surface area contributed by atoms with Gasteiger partial charge in [-0.3, -0.25) is 4.79 Å². The summed E-state index contributed by atoms with van der Waals surface area (Å²) in [5, 5.41) is 3.89. The van der Waals surface area contributed by atoms with Gasteiger partial charge in [0.2, 0.25) is 0 Å². The van der Waals surface area contributed by atoms with Gasteiger partial charge in [-0.1, -0.05) is 17.7 Å². The van der Waals surface area contributed by atoms with E-state index in [2.05, 4.69) is 20.2 Å². The molecule has 0 saturated carbocycles. The first-order valence-electron chi connectivity index (χ1n) is 8.61. The van der Waals surface area contributed by atoms with Crippen molar-refractivity contribution in [2.75, 3.05) is 36.4 Å². The second-order valence-electron chi connectivity index (χ2n) is 6.15. The van der Waals surface area contributed by atoms with Crippen LogP contribution in [0.4, 0.5) is 17.3 Å². The fraction of sp³-hybridized carbons (Fsp3) is 0.211. The van der Waals surface area contributed by atoms with Crippen LogP contribution in [0.1, 0.15) is 10.6 Å². The molecule has 138 valence electrons. The zero-order valence-corrected chi connectivity index (χ0v) is 15.3. The van der Waals surface area contributed by atoms with Gasteiger partial charge in [-0.2, -0.15) is 0 Å². The van der Waals surface area contributed by atoms with Crippen molar-refractivity contribution in [3.63, 3.8) is 0 Å². The fourth-order valence-corrected chi connectivity index (χ4v) is 3.19. The van der Waals surface area contributed by atoms with Gasteiger partial charge in [0.1, 0.15) is 18.0 Å². The van der Waals surface area contributed by atoms with Gasteiger partial charge in [-0.25, -0.2) is 9.97 Å². The maximum atomic E-state index is 12.4. The van der Waals surface area contributed by atoms with Crippen LogP contribution in [-0.4, -0.2) is 47.0 Å². The second kappa shape index (κ2) is 7.67. The molecule has 3 aromatic rings. The van der Waals surface area contributed by atoms with Crippen LogP contribution < -0.4 is 10.2 Å². The third-order valence-corrected chi connectivity index (χ3v) is 4.61. The molecule has 8 heteroatoms. The highest BCUT2D eigenvalue weighted by Gasteiger charge is 2.24. The summed E-state index contributed by atoms with van der Waals surface area (Å²) in [5.41, 5.74) is 0.862. The van der Waals surface area contributed by atoms with Crippen LogP contribution in [0.15, 0.2) is 59.5 Å². The van der Waals surface area contributed by atoms with E-state index in [-0.39, 0.29) is 5.91 Å². The lowest BCUT2D eigenvalue weighted by Crippen LogP contribution is -2.49.